The number of benzene rings is 1. The molecule has 0 amide bonds. The maximum atomic E-state index is 4.62. The largest absolute Gasteiger partial charge is 0.334 e. The van der Waals surface area contributed by atoms with Gasteiger partial charge in [0.15, 0.2) is 0 Å². The average molecular weight is 327 g/mol. The zero-order chi connectivity index (χ0) is 13.7. The Balaban J connectivity index is 2.01. The molecule has 3 heterocycles. The molecule has 0 saturated carbocycles. The molecule has 0 saturated heterocycles. The Labute approximate surface area is 123 Å². The van der Waals surface area contributed by atoms with Crippen molar-refractivity contribution in [3.05, 3.63) is 53.5 Å². The van der Waals surface area contributed by atoms with Gasteiger partial charge in [-0.15, -0.1) is 0 Å². The van der Waals surface area contributed by atoms with Crippen LogP contribution in [-0.2, 0) is 7.05 Å². The molecule has 0 aliphatic heterocycles. The van der Waals surface area contributed by atoms with E-state index in [2.05, 4.69) is 48.5 Å². The summed E-state index contributed by atoms with van der Waals surface area (Å²) in [6.45, 7) is 0. The number of rotatable bonds is 1. The summed E-state index contributed by atoms with van der Waals surface area (Å²) in [6, 6.07) is 12.3. The van der Waals surface area contributed by atoms with Gasteiger partial charge in [0.2, 0.25) is 0 Å². The maximum Gasteiger partial charge on any atom is 0.145 e. The first kappa shape index (κ1) is 11.7. The van der Waals surface area contributed by atoms with E-state index in [1.165, 1.54) is 0 Å². The van der Waals surface area contributed by atoms with E-state index in [1.807, 2.05) is 42.3 Å². The molecule has 20 heavy (non-hydrogen) atoms. The van der Waals surface area contributed by atoms with E-state index in [4.69, 9.17) is 0 Å². The first-order valence-corrected chi connectivity index (χ1v) is 7.07. The highest BCUT2D eigenvalue weighted by atomic mass is 79.9. The minimum atomic E-state index is 0.856. The molecule has 0 unspecified atom stereocenters. The van der Waals surface area contributed by atoms with Gasteiger partial charge in [-0.25, -0.2) is 9.97 Å². The number of halogens is 1. The van der Waals surface area contributed by atoms with Gasteiger partial charge >= 0.3 is 0 Å². The molecular formula is C15H11BrN4. The van der Waals surface area contributed by atoms with E-state index in [1.54, 1.807) is 0 Å². The van der Waals surface area contributed by atoms with Crippen molar-refractivity contribution in [3.8, 4) is 11.4 Å². The Morgan fingerprint density at radius 2 is 2.00 bits per heavy atom. The zero-order valence-corrected chi connectivity index (χ0v) is 12.4. The summed E-state index contributed by atoms with van der Waals surface area (Å²) >= 11 is 3.52. The Hall–Kier alpha value is -2.14. The van der Waals surface area contributed by atoms with Crippen LogP contribution in [0.4, 0.5) is 0 Å². The molecule has 0 radical (unpaired) electrons. The number of pyridine rings is 1. The molecule has 98 valence electrons. The molecule has 4 aromatic rings. The number of fused-ring (bicyclic) bond motifs is 2. The minimum absolute atomic E-state index is 0.856. The van der Waals surface area contributed by atoms with Crippen molar-refractivity contribution in [2.24, 2.45) is 7.05 Å². The number of nitrogens with zero attached hydrogens (tertiary/aromatic N) is 4. The summed E-state index contributed by atoms with van der Waals surface area (Å²) in [4.78, 5) is 9.02. The zero-order valence-electron chi connectivity index (χ0n) is 10.8. The van der Waals surface area contributed by atoms with Crippen LogP contribution < -0.4 is 0 Å². The number of hydrogen-bond donors (Lipinski definition) is 0. The van der Waals surface area contributed by atoms with Gasteiger partial charge in [-0.2, -0.15) is 0 Å². The molecule has 4 rings (SSSR count). The standard InChI is InChI=1S/C15H11BrN4/c1-19-9-17-11-8-10(5-6-12(11)19)15-18-14(16)13-4-2-3-7-20(13)15/h2-9H,1H3. The van der Waals surface area contributed by atoms with E-state index in [9.17, 15) is 0 Å². The smallest absolute Gasteiger partial charge is 0.145 e. The van der Waals surface area contributed by atoms with Crippen molar-refractivity contribution in [1.29, 1.82) is 0 Å². The Kier molecular flexibility index (Phi) is 2.44. The topological polar surface area (TPSA) is 35.1 Å². The normalized spacial score (nSPS) is 11.5. The molecule has 0 N–H and O–H groups in total. The van der Waals surface area contributed by atoms with E-state index in [-0.39, 0.29) is 0 Å². The summed E-state index contributed by atoms with van der Waals surface area (Å²) in [5, 5.41) is 0. The van der Waals surface area contributed by atoms with Gasteiger partial charge in [-0.3, -0.25) is 4.40 Å². The van der Waals surface area contributed by atoms with Crippen molar-refractivity contribution in [3.63, 3.8) is 0 Å². The number of aromatic nitrogens is 4. The number of aryl methyl sites for hydroxylation is 1. The average Bonchev–Trinajstić information content (AvgIpc) is 3.01. The summed E-state index contributed by atoms with van der Waals surface area (Å²) in [7, 11) is 2.00. The molecule has 0 atom stereocenters. The van der Waals surface area contributed by atoms with Gasteiger partial charge in [0.05, 0.1) is 22.9 Å². The fourth-order valence-corrected chi connectivity index (χ4v) is 2.97. The number of hydrogen-bond acceptors (Lipinski definition) is 2. The van der Waals surface area contributed by atoms with E-state index >= 15 is 0 Å². The first-order chi connectivity index (χ1) is 9.74. The second kappa shape index (κ2) is 4.18. The lowest BCUT2D eigenvalue weighted by Crippen LogP contribution is -1.89. The van der Waals surface area contributed by atoms with Crippen LogP contribution in [0, 0.1) is 0 Å². The van der Waals surface area contributed by atoms with Crippen LogP contribution in [0.2, 0.25) is 0 Å². The summed E-state index contributed by atoms with van der Waals surface area (Å²) in [5.74, 6) is 0.917. The van der Waals surface area contributed by atoms with Crippen molar-refractivity contribution in [1.82, 2.24) is 18.9 Å². The van der Waals surface area contributed by atoms with Gasteiger partial charge in [-0.1, -0.05) is 6.07 Å². The van der Waals surface area contributed by atoms with Crippen molar-refractivity contribution in [2.45, 2.75) is 0 Å². The first-order valence-electron chi connectivity index (χ1n) is 6.28. The maximum absolute atomic E-state index is 4.62. The summed E-state index contributed by atoms with van der Waals surface area (Å²) < 4.78 is 4.95. The van der Waals surface area contributed by atoms with Crippen LogP contribution in [-0.4, -0.2) is 18.9 Å². The van der Waals surface area contributed by atoms with E-state index in [0.29, 0.717) is 0 Å². The van der Waals surface area contributed by atoms with Gasteiger partial charge in [-0.05, 0) is 46.3 Å². The van der Waals surface area contributed by atoms with Gasteiger partial charge in [0, 0.05) is 18.8 Å². The molecule has 0 aliphatic rings. The van der Waals surface area contributed by atoms with E-state index in [0.717, 1.165) is 32.5 Å². The molecule has 0 bridgehead atoms. The predicted octanol–water partition coefficient (Wildman–Crippen LogP) is 3.65. The highest BCUT2D eigenvalue weighted by molar-refractivity contribution is 9.10. The van der Waals surface area contributed by atoms with Crippen LogP contribution in [0.1, 0.15) is 0 Å². The fourth-order valence-electron chi connectivity index (χ4n) is 2.48. The highest BCUT2D eigenvalue weighted by Gasteiger charge is 2.11. The SMILES string of the molecule is Cn1cnc2cc(-c3nc(Br)c4ccccn34)ccc21. The second-order valence-electron chi connectivity index (χ2n) is 4.74. The summed E-state index contributed by atoms with van der Waals surface area (Å²) in [5.41, 5.74) is 4.22. The molecule has 0 spiro atoms. The number of imidazole rings is 2. The lowest BCUT2D eigenvalue weighted by molar-refractivity contribution is 0.947. The quantitative estimate of drug-likeness (QED) is 0.535. The van der Waals surface area contributed by atoms with E-state index < -0.39 is 0 Å². The fraction of sp³-hybridized carbons (Fsp3) is 0.0667. The van der Waals surface area contributed by atoms with Gasteiger partial charge < -0.3 is 4.57 Å². The second-order valence-corrected chi connectivity index (χ2v) is 5.49. The third-order valence-corrected chi connectivity index (χ3v) is 4.07. The highest BCUT2D eigenvalue weighted by Crippen LogP contribution is 2.27. The minimum Gasteiger partial charge on any atom is -0.334 e. The van der Waals surface area contributed by atoms with Gasteiger partial charge in [0.1, 0.15) is 10.4 Å². The van der Waals surface area contributed by atoms with Crippen molar-refractivity contribution >= 4 is 32.5 Å². The lowest BCUT2D eigenvalue weighted by atomic mass is 10.2. The van der Waals surface area contributed by atoms with Crippen LogP contribution in [0.5, 0.6) is 0 Å². The van der Waals surface area contributed by atoms with Gasteiger partial charge in [0.25, 0.3) is 0 Å². The molecule has 1 aromatic carbocycles. The Morgan fingerprint density at radius 3 is 2.90 bits per heavy atom. The van der Waals surface area contributed by atoms with Crippen LogP contribution in [0.15, 0.2) is 53.5 Å². The van der Waals surface area contributed by atoms with Crippen LogP contribution >= 0.6 is 15.9 Å². The van der Waals surface area contributed by atoms with Crippen LogP contribution in [0.25, 0.3) is 27.9 Å². The molecule has 0 aliphatic carbocycles. The molecule has 3 aromatic heterocycles. The predicted molar refractivity (Wildman–Crippen MR) is 82.6 cm³/mol. The molecule has 5 heteroatoms. The molecule has 0 fully saturated rings. The third-order valence-electron chi connectivity index (χ3n) is 3.49. The van der Waals surface area contributed by atoms with Crippen LogP contribution in [0.3, 0.4) is 0 Å². The Bertz CT molecular complexity index is 936. The van der Waals surface area contributed by atoms with Crippen molar-refractivity contribution in [2.75, 3.05) is 0 Å². The lowest BCUT2D eigenvalue weighted by Gasteiger charge is -2.01. The molecule has 4 nitrogen and oxygen atoms in total. The Morgan fingerprint density at radius 1 is 1.10 bits per heavy atom. The van der Waals surface area contributed by atoms with Crippen molar-refractivity contribution < 1.29 is 0 Å². The molecular weight excluding hydrogens is 316 g/mol. The monoisotopic (exact) mass is 326 g/mol. The summed E-state index contributed by atoms with van der Waals surface area (Å²) in [6.07, 6.45) is 3.85. The third kappa shape index (κ3) is 1.59.